The smallest absolute Gasteiger partial charge is 0.407 e. The van der Waals surface area contributed by atoms with Gasteiger partial charge in [0.25, 0.3) is 5.69 Å². The number of nitrogens with one attached hydrogen (secondary N) is 1. The molecule has 0 aromatic heterocycles. The standard InChI is InChI=1S/C13H14N2O8/c1-7(12(16)17)14-13(18)21-3-2-8-4-10-11(23-6-22-10)5-9(8)15(19)20/h4-5,7H,2-3,6H2,1H3,(H,14,18)(H,16,17). The molecule has 0 bridgehead atoms. The Balaban J connectivity index is 1.96. The van der Waals surface area contributed by atoms with Gasteiger partial charge in [-0.2, -0.15) is 0 Å². The van der Waals surface area contributed by atoms with E-state index in [0.717, 1.165) is 0 Å². The van der Waals surface area contributed by atoms with Crippen LogP contribution in [-0.4, -0.2) is 41.5 Å². The van der Waals surface area contributed by atoms with Crippen molar-refractivity contribution in [3.05, 3.63) is 27.8 Å². The van der Waals surface area contributed by atoms with Crippen LogP contribution in [0.15, 0.2) is 12.1 Å². The second-order valence-electron chi connectivity index (χ2n) is 4.68. The SMILES string of the molecule is CC(NC(=O)OCCc1cc2c(cc1[N+](=O)[O-])OCO2)C(=O)O. The summed E-state index contributed by atoms with van der Waals surface area (Å²) in [7, 11) is 0. The van der Waals surface area contributed by atoms with E-state index in [1.54, 1.807) is 0 Å². The first kappa shape index (κ1) is 16.3. The Kier molecular flexibility index (Phi) is 4.84. The van der Waals surface area contributed by atoms with Crippen molar-refractivity contribution in [3.8, 4) is 11.5 Å². The molecule has 1 atom stereocenters. The average Bonchev–Trinajstić information content (AvgIpc) is 2.93. The first-order chi connectivity index (χ1) is 10.9. The van der Waals surface area contributed by atoms with E-state index in [-0.39, 0.29) is 31.3 Å². The van der Waals surface area contributed by atoms with Crippen molar-refractivity contribution in [2.45, 2.75) is 19.4 Å². The number of nitrogens with zero attached hydrogens (tertiary/aromatic N) is 1. The van der Waals surface area contributed by atoms with Crippen molar-refractivity contribution < 1.29 is 33.8 Å². The highest BCUT2D eigenvalue weighted by Gasteiger charge is 2.23. The van der Waals surface area contributed by atoms with Gasteiger partial charge in [-0.1, -0.05) is 0 Å². The van der Waals surface area contributed by atoms with Crippen molar-refractivity contribution in [3.63, 3.8) is 0 Å². The fourth-order valence-electron chi connectivity index (χ4n) is 1.88. The van der Waals surface area contributed by atoms with Crippen molar-refractivity contribution in [1.82, 2.24) is 5.32 Å². The van der Waals surface area contributed by atoms with Crippen LogP contribution in [0.2, 0.25) is 0 Å². The number of hydrogen-bond donors (Lipinski definition) is 2. The maximum absolute atomic E-state index is 11.4. The molecule has 1 unspecified atom stereocenters. The number of carboxylic acid groups (broad SMARTS) is 1. The molecule has 0 radical (unpaired) electrons. The number of carbonyl (C=O) groups excluding carboxylic acids is 1. The molecule has 23 heavy (non-hydrogen) atoms. The molecule has 0 saturated heterocycles. The number of aliphatic carboxylic acids is 1. The molecule has 10 nitrogen and oxygen atoms in total. The zero-order valence-corrected chi connectivity index (χ0v) is 12.1. The first-order valence-electron chi connectivity index (χ1n) is 6.61. The number of rotatable bonds is 6. The Hall–Kier alpha value is -3.04. The average molecular weight is 326 g/mol. The fourth-order valence-corrected chi connectivity index (χ4v) is 1.88. The van der Waals surface area contributed by atoms with Crippen LogP contribution in [0, 0.1) is 10.1 Å². The number of nitro benzene ring substituents is 1. The third-order valence-electron chi connectivity index (χ3n) is 3.08. The van der Waals surface area contributed by atoms with Crippen molar-refractivity contribution in [1.29, 1.82) is 0 Å². The quantitative estimate of drug-likeness (QED) is 0.585. The summed E-state index contributed by atoms with van der Waals surface area (Å²) < 4.78 is 15.0. The van der Waals surface area contributed by atoms with Gasteiger partial charge in [0.05, 0.1) is 17.6 Å². The van der Waals surface area contributed by atoms with E-state index in [1.165, 1.54) is 19.1 Å². The molecule has 0 spiro atoms. The molecular formula is C13H14N2O8. The molecule has 10 heteroatoms. The summed E-state index contributed by atoms with van der Waals surface area (Å²) in [5, 5.41) is 21.8. The molecule has 0 aliphatic carbocycles. The number of amides is 1. The summed E-state index contributed by atoms with van der Waals surface area (Å²) in [5.41, 5.74) is 0.149. The molecule has 1 aromatic carbocycles. The first-order valence-corrected chi connectivity index (χ1v) is 6.61. The Morgan fingerprint density at radius 1 is 1.43 bits per heavy atom. The van der Waals surface area contributed by atoms with Gasteiger partial charge in [0.15, 0.2) is 11.5 Å². The highest BCUT2D eigenvalue weighted by atomic mass is 16.7. The molecule has 1 aliphatic rings. The van der Waals surface area contributed by atoms with E-state index >= 15 is 0 Å². The highest BCUT2D eigenvalue weighted by molar-refractivity contribution is 5.79. The zero-order chi connectivity index (χ0) is 17.0. The lowest BCUT2D eigenvalue weighted by molar-refractivity contribution is -0.385. The van der Waals surface area contributed by atoms with E-state index in [1.807, 2.05) is 0 Å². The number of fused-ring (bicyclic) bond motifs is 1. The third-order valence-corrected chi connectivity index (χ3v) is 3.08. The third kappa shape index (κ3) is 3.99. The Morgan fingerprint density at radius 3 is 2.70 bits per heavy atom. The van der Waals surface area contributed by atoms with E-state index in [2.05, 4.69) is 5.32 Å². The predicted molar refractivity (Wildman–Crippen MR) is 74.5 cm³/mol. The minimum absolute atomic E-state index is 0.0120. The van der Waals surface area contributed by atoms with E-state index in [4.69, 9.17) is 19.3 Å². The highest BCUT2D eigenvalue weighted by Crippen LogP contribution is 2.38. The number of hydrogen-bond acceptors (Lipinski definition) is 7. The normalized spacial score (nSPS) is 13.3. The zero-order valence-electron chi connectivity index (χ0n) is 12.1. The number of carboxylic acids is 1. The van der Waals surface area contributed by atoms with Gasteiger partial charge in [-0.25, -0.2) is 4.79 Å². The molecule has 0 saturated carbocycles. The molecule has 2 rings (SSSR count). The number of benzene rings is 1. The van der Waals surface area contributed by atoms with Crippen LogP contribution >= 0.6 is 0 Å². The maximum Gasteiger partial charge on any atom is 0.407 e. The number of ether oxygens (including phenoxy) is 3. The maximum atomic E-state index is 11.4. The lowest BCUT2D eigenvalue weighted by Crippen LogP contribution is -2.38. The van der Waals surface area contributed by atoms with Crippen LogP contribution in [-0.2, 0) is 16.0 Å². The summed E-state index contributed by atoms with van der Waals surface area (Å²) in [6.45, 7) is 1.12. The second kappa shape index (κ2) is 6.81. The monoisotopic (exact) mass is 326 g/mol. The van der Waals surface area contributed by atoms with Crippen LogP contribution in [0.1, 0.15) is 12.5 Å². The topological polar surface area (TPSA) is 137 Å². The van der Waals surface area contributed by atoms with Crippen LogP contribution in [0.3, 0.4) is 0 Å². The van der Waals surface area contributed by atoms with Crippen molar-refractivity contribution >= 4 is 17.7 Å². The molecular weight excluding hydrogens is 312 g/mol. The van der Waals surface area contributed by atoms with Crippen LogP contribution in [0.4, 0.5) is 10.5 Å². The Labute approximate surface area is 130 Å². The second-order valence-corrected chi connectivity index (χ2v) is 4.68. The van der Waals surface area contributed by atoms with Gasteiger partial charge in [-0.3, -0.25) is 14.9 Å². The molecule has 2 N–H and O–H groups in total. The van der Waals surface area contributed by atoms with E-state index < -0.39 is 23.0 Å². The van der Waals surface area contributed by atoms with Crippen LogP contribution in [0.5, 0.6) is 11.5 Å². The van der Waals surface area contributed by atoms with Crippen molar-refractivity contribution in [2.24, 2.45) is 0 Å². The van der Waals surface area contributed by atoms with Gasteiger partial charge in [0.1, 0.15) is 6.04 Å². The van der Waals surface area contributed by atoms with Gasteiger partial charge in [-0.05, 0) is 13.0 Å². The molecule has 1 aliphatic heterocycles. The largest absolute Gasteiger partial charge is 0.480 e. The van der Waals surface area contributed by atoms with Gasteiger partial charge in [-0.15, -0.1) is 0 Å². The summed E-state index contributed by atoms with van der Waals surface area (Å²) in [6, 6.07) is 1.62. The van der Waals surface area contributed by atoms with E-state index in [0.29, 0.717) is 11.3 Å². The molecule has 0 fully saturated rings. The number of carbonyl (C=O) groups is 2. The molecule has 124 valence electrons. The van der Waals surface area contributed by atoms with Gasteiger partial charge in [0.2, 0.25) is 6.79 Å². The molecule has 1 heterocycles. The molecule has 1 aromatic rings. The minimum atomic E-state index is -1.20. The Bertz CT molecular complexity index is 645. The van der Waals surface area contributed by atoms with Crippen LogP contribution < -0.4 is 14.8 Å². The summed E-state index contributed by atoms with van der Waals surface area (Å²) in [6.07, 6.45) is -0.842. The van der Waals surface area contributed by atoms with Gasteiger partial charge < -0.3 is 24.6 Å². The lowest BCUT2D eigenvalue weighted by Gasteiger charge is -2.10. The summed E-state index contributed by atoms with van der Waals surface area (Å²) in [4.78, 5) is 32.5. The summed E-state index contributed by atoms with van der Waals surface area (Å²) in [5.74, 6) is -0.530. The van der Waals surface area contributed by atoms with Crippen molar-refractivity contribution in [2.75, 3.05) is 13.4 Å². The number of nitro groups is 1. The van der Waals surface area contributed by atoms with Gasteiger partial charge >= 0.3 is 12.1 Å². The lowest BCUT2D eigenvalue weighted by atomic mass is 10.1. The number of alkyl carbamates (subject to hydrolysis) is 1. The molecule has 1 amide bonds. The Morgan fingerprint density at radius 2 is 2.09 bits per heavy atom. The van der Waals surface area contributed by atoms with Crippen LogP contribution in [0.25, 0.3) is 0 Å². The predicted octanol–water partition coefficient (Wildman–Crippen LogP) is 1.07. The van der Waals surface area contributed by atoms with E-state index in [9.17, 15) is 19.7 Å². The minimum Gasteiger partial charge on any atom is -0.480 e. The fraction of sp³-hybridized carbons (Fsp3) is 0.385. The summed E-state index contributed by atoms with van der Waals surface area (Å²) >= 11 is 0. The van der Waals surface area contributed by atoms with Gasteiger partial charge in [0, 0.05) is 12.0 Å².